The zero-order valence-electron chi connectivity index (χ0n) is 7.28. The third-order valence-corrected chi connectivity index (χ3v) is 2.45. The van der Waals surface area contributed by atoms with Gasteiger partial charge in [0.05, 0.1) is 13.0 Å². The van der Waals surface area contributed by atoms with Gasteiger partial charge in [-0.15, -0.1) is 0 Å². The number of aliphatic carboxylic acids is 1. The topological polar surface area (TPSA) is 46.5 Å². The summed E-state index contributed by atoms with van der Waals surface area (Å²) in [5.41, 5.74) is 2.01. The summed E-state index contributed by atoms with van der Waals surface area (Å²) in [5.74, 6) is -0.249. The average molecular weight is 178 g/mol. The van der Waals surface area contributed by atoms with Gasteiger partial charge in [-0.1, -0.05) is 6.07 Å². The molecule has 0 fully saturated rings. The van der Waals surface area contributed by atoms with Gasteiger partial charge in [-0.25, -0.2) is 0 Å². The lowest BCUT2D eigenvalue weighted by atomic mass is 9.77. The van der Waals surface area contributed by atoms with E-state index in [0.717, 1.165) is 16.9 Å². The number of hydrogen-bond donors (Lipinski definition) is 1. The lowest BCUT2D eigenvalue weighted by Crippen LogP contribution is -2.24. The molecule has 0 amide bonds. The molecule has 1 aromatic carbocycles. The molecule has 3 heteroatoms. The second-order valence-corrected chi connectivity index (χ2v) is 3.16. The molecular weight excluding hydrogens is 168 g/mol. The minimum absolute atomic E-state index is 0.305. The first kappa shape index (κ1) is 8.10. The van der Waals surface area contributed by atoms with E-state index in [2.05, 4.69) is 0 Å². The van der Waals surface area contributed by atoms with Crippen LogP contribution in [0.1, 0.15) is 17.0 Å². The molecule has 0 spiro atoms. The van der Waals surface area contributed by atoms with Gasteiger partial charge in [0.2, 0.25) is 0 Å². The third-order valence-electron chi connectivity index (χ3n) is 2.45. The van der Waals surface area contributed by atoms with Gasteiger partial charge in [-0.05, 0) is 29.7 Å². The molecule has 1 atom stereocenters. The van der Waals surface area contributed by atoms with Crippen LogP contribution < -0.4 is 4.74 Å². The first-order chi connectivity index (χ1) is 6.22. The lowest BCUT2D eigenvalue weighted by molar-refractivity contribution is -0.139. The quantitative estimate of drug-likeness (QED) is 0.745. The molecule has 0 saturated carbocycles. The molecule has 1 N–H and O–H groups in total. The standard InChI is InChI=1S/C10H10O3/c1-13-7-2-3-8-6(4-7)5-9(8)10(11)12/h2-4,9H,5H2,1H3,(H,11,12)/t9-/m1/s1. The number of carbonyl (C=O) groups is 1. The summed E-state index contributed by atoms with van der Waals surface area (Å²) >= 11 is 0. The number of methoxy groups -OCH3 is 1. The Morgan fingerprint density at radius 2 is 2.38 bits per heavy atom. The zero-order chi connectivity index (χ0) is 9.42. The highest BCUT2D eigenvalue weighted by molar-refractivity contribution is 5.80. The Balaban J connectivity index is 2.30. The smallest absolute Gasteiger partial charge is 0.311 e. The summed E-state index contributed by atoms with van der Waals surface area (Å²) in [6.45, 7) is 0. The Morgan fingerprint density at radius 1 is 1.62 bits per heavy atom. The van der Waals surface area contributed by atoms with Crippen LogP contribution in [-0.4, -0.2) is 18.2 Å². The van der Waals surface area contributed by atoms with E-state index in [1.54, 1.807) is 13.2 Å². The molecule has 0 aliphatic heterocycles. The lowest BCUT2D eigenvalue weighted by Gasteiger charge is -2.26. The van der Waals surface area contributed by atoms with Crippen molar-refractivity contribution in [2.24, 2.45) is 0 Å². The molecule has 1 aliphatic carbocycles. The van der Waals surface area contributed by atoms with Gasteiger partial charge in [0.1, 0.15) is 5.75 Å². The third kappa shape index (κ3) is 1.16. The fourth-order valence-corrected chi connectivity index (χ4v) is 1.64. The van der Waals surface area contributed by atoms with E-state index < -0.39 is 5.97 Å². The molecule has 68 valence electrons. The number of ether oxygens (including phenoxy) is 1. The number of carboxylic acids is 1. The van der Waals surface area contributed by atoms with Crippen LogP contribution in [0, 0.1) is 0 Å². The summed E-state index contributed by atoms with van der Waals surface area (Å²) < 4.78 is 5.03. The summed E-state index contributed by atoms with van der Waals surface area (Å²) in [4.78, 5) is 10.7. The molecule has 0 unspecified atom stereocenters. The number of rotatable bonds is 2. The highest BCUT2D eigenvalue weighted by Gasteiger charge is 2.32. The van der Waals surface area contributed by atoms with Gasteiger partial charge in [0.15, 0.2) is 0 Å². The number of carboxylic acid groups (broad SMARTS) is 1. The van der Waals surface area contributed by atoms with Crippen LogP contribution in [-0.2, 0) is 11.2 Å². The molecule has 0 radical (unpaired) electrons. The second kappa shape index (κ2) is 2.76. The predicted molar refractivity (Wildman–Crippen MR) is 47.1 cm³/mol. The number of fused-ring (bicyclic) bond motifs is 1. The van der Waals surface area contributed by atoms with Crippen molar-refractivity contribution in [2.45, 2.75) is 12.3 Å². The molecule has 1 aliphatic rings. The monoisotopic (exact) mass is 178 g/mol. The molecular formula is C10H10O3. The largest absolute Gasteiger partial charge is 0.497 e. The predicted octanol–water partition coefficient (Wildman–Crippen LogP) is 1.42. The Kier molecular flexibility index (Phi) is 1.72. The Morgan fingerprint density at radius 3 is 2.92 bits per heavy atom. The van der Waals surface area contributed by atoms with Gasteiger partial charge in [0.25, 0.3) is 0 Å². The van der Waals surface area contributed by atoms with Crippen molar-refractivity contribution >= 4 is 5.97 Å². The van der Waals surface area contributed by atoms with Crippen molar-refractivity contribution < 1.29 is 14.6 Å². The van der Waals surface area contributed by atoms with E-state index in [9.17, 15) is 4.79 Å². The van der Waals surface area contributed by atoms with Crippen molar-refractivity contribution in [1.82, 2.24) is 0 Å². The van der Waals surface area contributed by atoms with Crippen molar-refractivity contribution in [2.75, 3.05) is 7.11 Å². The molecule has 1 aromatic rings. The zero-order valence-corrected chi connectivity index (χ0v) is 7.28. The molecule has 13 heavy (non-hydrogen) atoms. The first-order valence-corrected chi connectivity index (χ1v) is 4.12. The van der Waals surface area contributed by atoms with E-state index in [1.165, 1.54) is 0 Å². The van der Waals surface area contributed by atoms with Gasteiger partial charge >= 0.3 is 5.97 Å². The van der Waals surface area contributed by atoms with E-state index in [1.807, 2.05) is 12.1 Å². The summed E-state index contributed by atoms with van der Waals surface area (Å²) in [6, 6.07) is 5.53. The summed E-state index contributed by atoms with van der Waals surface area (Å²) in [6.07, 6.45) is 0.627. The highest BCUT2D eigenvalue weighted by Crippen LogP contribution is 2.37. The Hall–Kier alpha value is -1.51. The second-order valence-electron chi connectivity index (χ2n) is 3.16. The summed E-state index contributed by atoms with van der Waals surface area (Å²) in [5, 5.41) is 8.78. The van der Waals surface area contributed by atoms with Gasteiger partial charge in [0, 0.05) is 0 Å². The van der Waals surface area contributed by atoms with Crippen LogP contribution in [0.3, 0.4) is 0 Å². The highest BCUT2D eigenvalue weighted by atomic mass is 16.5. The Bertz CT molecular complexity index is 357. The van der Waals surface area contributed by atoms with Crippen LogP contribution in [0.2, 0.25) is 0 Å². The van der Waals surface area contributed by atoms with Gasteiger partial charge in [-0.2, -0.15) is 0 Å². The fourth-order valence-electron chi connectivity index (χ4n) is 1.64. The van der Waals surface area contributed by atoms with Crippen LogP contribution in [0.4, 0.5) is 0 Å². The minimum atomic E-state index is -0.738. The van der Waals surface area contributed by atoms with E-state index in [-0.39, 0.29) is 5.92 Å². The maximum Gasteiger partial charge on any atom is 0.311 e. The van der Waals surface area contributed by atoms with E-state index >= 15 is 0 Å². The molecule has 0 aromatic heterocycles. The molecule has 2 rings (SSSR count). The molecule has 0 bridgehead atoms. The van der Waals surface area contributed by atoms with Gasteiger partial charge < -0.3 is 9.84 Å². The normalized spacial score (nSPS) is 18.7. The minimum Gasteiger partial charge on any atom is -0.497 e. The average Bonchev–Trinajstić information content (AvgIpc) is 2.06. The molecule has 0 heterocycles. The molecule has 3 nitrogen and oxygen atoms in total. The first-order valence-electron chi connectivity index (χ1n) is 4.12. The van der Waals surface area contributed by atoms with Crippen LogP contribution >= 0.6 is 0 Å². The number of hydrogen-bond acceptors (Lipinski definition) is 2. The van der Waals surface area contributed by atoms with Gasteiger partial charge in [-0.3, -0.25) is 4.79 Å². The van der Waals surface area contributed by atoms with Crippen molar-refractivity contribution in [3.8, 4) is 5.75 Å². The maximum absolute atomic E-state index is 10.7. The molecule has 0 saturated heterocycles. The summed E-state index contributed by atoms with van der Waals surface area (Å²) in [7, 11) is 1.61. The van der Waals surface area contributed by atoms with Crippen LogP contribution in [0.15, 0.2) is 18.2 Å². The van der Waals surface area contributed by atoms with E-state index in [0.29, 0.717) is 6.42 Å². The fraction of sp³-hybridized carbons (Fsp3) is 0.300. The Labute approximate surface area is 76.0 Å². The van der Waals surface area contributed by atoms with Crippen molar-refractivity contribution in [1.29, 1.82) is 0 Å². The maximum atomic E-state index is 10.7. The SMILES string of the molecule is COc1ccc2c(c1)C[C@H]2C(=O)O. The van der Waals surface area contributed by atoms with Crippen LogP contribution in [0.25, 0.3) is 0 Å². The van der Waals surface area contributed by atoms with Crippen molar-refractivity contribution in [3.63, 3.8) is 0 Å². The van der Waals surface area contributed by atoms with Crippen molar-refractivity contribution in [3.05, 3.63) is 29.3 Å². The van der Waals surface area contributed by atoms with E-state index in [4.69, 9.17) is 9.84 Å². The van der Waals surface area contributed by atoms with Crippen LogP contribution in [0.5, 0.6) is 5.75 Å². The number of benzene rings is 1.